The maximum atomic E-state index is 12.1. The summed E-state index contributed by atoms with van der Waals surface area (Å²) in [5.74, 6) is 1.53. The molecule has 5 rings (SSSR count). The van der Waals surface area contributed by atoms with E-state index in [1.54, 1.807) is 12.4 Å². The molecule has 2 atom stereocenters. The van der Waals surface area contributed by atoms with Crippen molar-refractivity contribution in [1.82, 2.24) is 24.5 Å². The number of fused-ring (bicyclic) bond motifs is 5. The number of nitrogens with one attached hydrogen (secondary N) is 1. The number of H-pyrrole nitrogens is 1. The summed E-state index contributed by atoms with van der Waals surface area (Å²) in [5.41, 5.74) is 2.60. The molecule has 3 aromatic heterocycles. The molecule has 3 aromatic rings. The zero-order chi connectivity index (χ0) is 16.3. The molecule has 2 aliphatic rings. The average molecular weight is 343 g/mol. The number of rotatable bonds is 1. The molecular formula is C16H15ClN6O. The Kier molecular flexibility index (Phi) is 2.94. The minimum absolute atomic E-state index is 0.0942. The quantitative estimate of drug-likeness (QED) is 0.682. The Hall–Kier alpha value is -2.41. The van der Waals surface area contributed by atoms with Crippen molar-refractivity contribution in [3.63, 3.8) is 0 Å². The van der Waals surface area contributed by atoms with Crippen LogP contribution < -0.4 is 10.5 Å². The van der Waals surface area contributed by atoms with Crippen LogP contribution in [0, 0.1) is 5.92 Å². The molecule has 0 amide bonds. The van der Waals surface area contributed by atoms with E-state index in [0.717, 1.165) is 43.1 Å². The smallest absolute Gasteiger partial charge is 0.250 e. The van der Waals surface area contributed by atoms with E-state index in [1.807, 2.05) is 10.6 Å². The van der Waals surface area contributed by atoms with E-state index in [9.17, 15) is 4.79 Å². The molecule has 0 spiro atoms. The van der Waals surface area contributed by atoms with Crippen LogP contribution in [-0.2, 0) is 6.54 Å². The van der Waals surface area contributed by atoms with Gasteiger partial charge in [0.15, 0.2) is 11.5 Å². The molecule has 0 radical (unpaired) electrons. The van der Waals surface area contributed by atoms with Crippen molar-refractivity contribution in [3.8, 4) is 0 Å². The van der Waals surface area contributed by atoms with Gasteiger partial charge in [-0.3, -0.25) is 4.79 Å². The van der Waals surface area contributed by atoms with E-state index >= 15 is 0 Å². The second-order valence-corrected chi connectivity index (χ2v) is 6.86. The summed E-state index contributed by atoms with van der Waals surface area (Å²) in [6.07, 6.45) is 2.71. The number of imidazole rings is 1. The normalized spacial score (nSPS) is 22.6. The third-order valence-corrected chi connectivity index (χ3v) is 5.19. The minimum atomic E-state index is 0.0942. The highest BCUT2D eigenvalue weighted by Gasteiger charge is 2.35. The molecular weight excluding hydrogens is 328 g/mol. The summed E-state index contributed by atoms with van der Waals surface area (Å²) in [6, 6.07) is 5.55. The lowest BCUT2D eigenvalue weighted by Crippen LogP contribution is -2.47. The number of aromatic amines is 1. The van der Waals surface area contributed by atoms with Gasteiger partial charge in [-0.05, 0) is 30.0 Å². The van der Waals surface area contributed by atoms with Crippen molar-refractivity contribution in [2.24, 2.45) is 5.92 Å². The summed E-state index contributed by atoms with van der Waals surface area (Å²) in [7, 11) is 0. The van der Waals surface area contributed by atoms with Crippen LogP contribution in [0.15, 0.2) is 29.3 Å². The van der Waals surface area contributed by atoms with E-state index in [-0.39, 0.29) is 10.8 Å². The molecule has 1 N–H and O–H groups in total. The van der Waals surface area contributed by atoms with E-state index in [2.05, 4.69) is 30.9 Å². The number of nitrogens with zero attached hydrogens (tertiary/aromatic N) is 5. The summed E-state index contributed by atoms with van der Waals surface area (Å²) in [6.45, 7) is 2.41. The van der Waals surface area contributed by atoms with Crippen molar-refractivity contribution in [1.29, 1.82) is 0 Å². The van der Waals surface area contributed by atoms with Crippen molar-refractivity contribution in [2.45, 2.75) is 18.9 Å². The fourth-order valence-electron chi connectivity index (χ4n) is 4.09. The second kappa shape index (κ2) is 5.04. The zero-order valence-corrected chi connectivity index (χ0v) is 13.6. The first kappa shape index (κ1) is 14.0. The average Bonchev–Trinajstić information content (AvgIpc) is 3.03. The lowest BCUT2D eigenvalue weighted by molar-refractivity contribution is 0.281. The first-order valence-electron chi connectivity index (χ1n) is 8.00. The van der Waals surface area contributed by atoms with Crippen molar-refractivity contribution in [2.75, 3.05) is 18.0 Å². The van der Waals surface area contributed by atoms with Gasteiger partial charge in [-0.15, -0.1) is 0 Å². The van der Waals surface area contributed by atoms with Crippen molar-refractivity contribution < 1.29 is 0 Å². The van der Waals surface area contributed by atoms with Crippen LogP contribution in [0.4, 0.5) is 5.82 Å². The number of hydrogen-bond donors (Lipinski definition) is 1. The topological polar surface area (TPSA) is 79.7 Å². The largest absolute Gasteiger partial charge is 0.354 e. The summed E-state index contributed by atoms with van der Waals surface area (Å²) >= 11 is 6.07. The van der Waals surface area contributed by atoms with Crippen LogP contribution in [0.5, 0.6) is 0 Å². The number of anilines is 1. The van der Waals surface area contributed by atoms with Gasteiger partial charge in [0.1, 0.15) is 5.52 Å². The van der Waals surface area contributed by atoms with Crippen LogP contribution in [0.3, 0.4) is 0 Å². The maximum Gasteiger partial charge on any atom is 0.250 e. The Balaban J connectivity index is 1.59. The number of pyridine rings is 1. The van der Waals surface area contributed by atoms with Crippen LogP contribution in [-0.4, -0.2) is 37.6 Å². The predicted octanol–water partition coefficient (Wildman–Crippen LogP) is 1.79. The maximum absolute atomic E-state index is 12.1. The number of halogens is 1. The third kappa shape index (κ3) is 2.04. The Morgan fingerprint density at radius 2 is 2.12 bits per heavy atom. The van der Waals surface area contributed by atoms with Gasteiger partial charge in [0, 0.05) is 37.3 Å². The molecule has 7 nitrogen and oxygen atoms in total. The van der Waals surface area contributed by atoms with Gasteiger partial charge in [0.25, 0.3) is 5.56 Å². The number of aromatic nitrogens is 5. The summed E-state index contributed by atoms with van der Waals surface area (Å²) in [4.78, 5) is 30.3. The fourth-order valence-corrected chi connectivity index (χ4v) is 4.25. The number of hydrogen-bond acceptors (Lipinski definition) is 5. The van der Waals surface area contributed by atoms with Gasteiger partial charge in [0.2, 0.25) is 5.28 Å². The second-order valence-electron chi connectivity index (χ2n) is 6.52. The first-order valence-corrected chi connectivity index (χ1v) is 8.38. The Morgan fingerprint density at radius 1 is 1.21 bits per heavy atom. The highest BCUT2D eigenvalue weighted by atomic mass is 35.5. The molecule has 8 heteroatoms. The van der Waals surface area contributed by atoms with Crippen LogP contribution in [0.1, 0.15) is 18.0 Å². The lowest BCUT2D eigenvalue weighted by atomic mass is 9.83. The highest BCUT2D eigenvalue weighted by molar-refractivity contribution is 6.28. The Labute approximate surface area is 142 Å². The van der Waals surface area contributed by atoms with Gasteiger partial charge in [0.05, 0.1) is 6.33 Å². The highest BCUT2D eigenvalue weighted by Crippen LogP contribution is 2.37. The molecule has 2 aliphatic heterocycles. The summed E-state index contributed by atoms with van der Waals surface area (Å²) in [5, 5.41) is 0.206. The fraction of sp³-hybridized carbons (Fsp3) is 0.375. The minimum Gasteiger partial charge on any atom is -0.354 e. The molecule has 1 saturated heterocycles. The van der Waals surface area contributed by atoms with E-state index < -0.39 is 0 Å². The molecule has 2 unspecified atom stereocenters. The molecule has 0 aromatic carbocycles. The lowest BCUT2D eigenvalue weighted by Gasteiger charge is -2.43. The van der Waals surface area contributed by atoms with Crippen LogP contribution in [0.2, 0.25) is 5.28 Å². The zero-order valence-electron chi connectivity index (χ0n) is 12.8. The molecule has 0 saturated carbocycles. The predicted molar refractivity (Wildman–Crippen MR) is 90.5 cm³/mol. The van der Waals surface area contributed by atoms with Gasteiger partial charge >= 0.3 is 0 Å². The molecule has 5 heterocycles. The van der Waals surface area contributed by atoms with E-state index in [4.69, 9.17) is 11.6 Å². The molecule has 122 valence electrons. The van der Waals surface area contributed by atoms with Crippen molar-refractivity contribution >= 4 is 28.6 Å². The van der Waals surface area contributed by atoms with Gasteiger partial charge in [-0.1, -0.05) is 6.07 Å². The van der Waals surface area contributed by atoms with Gasteiger partial charge in [-0.25, -0.2) is 4.98 Å². The summed E-state index contributed by atoms with van der Waals surface area (Å²) < 4.78 is 1.93. The van der Waals surface area contributed by atoms with Gasteiger partial charge < -0.3 is 14.5 Å². The molecule has 2 bridgehead atoms. The Morgan fingerprint density at radius 3 is 3.04 bits per heavy atom. The molecule has 0 aliphatic carbocycles. The van der Waals surface area contributed by atoms with E-state index in [0.29, 0.717) is 17.5 Å². The molecule has 1 fully saturated rings. The SMILES string of the molecule is O=c1cccc2n1CC1CC2CN(c2nc(Cl)nc3nc[nH]c23)C1. The van der Waals surface area contributed by atoms with Crippen molar-refractivity contribution in [3.05, 3.63) is 45.9 Å². The molecule has 24 heavy (non-hydrogen) atoms. The number of piperidine rings is 1. The first-order chi connectivity index (χ1) is 11.7. The van der Waals surface area contributed by atoms with Crippen LogP contribution in [0.25, 0.3) is 11.2 Å². The Bertz CT molecular complexity index is 996. The third-order valence-electron chi connectivity index (χ3n) is 5.02. The standard InChI is InChI=1S/C16H15ClN6O/c17-16-20-14-13(18-8-19-14)15(21-16)22-5-9-4-10(7-22)11-2-1-3-12(24)23(11)6-9/h1-3,8-10H,4-7H2,(H,18,19,20,21). The monoisotopic (exact) mass is 342 g/mol. The van der Waals surface area contributed by atoms with Crippen LogP contribution >= 0.6 is 11.6 Å². The van der Waals surface area contributed by atoms with E-state index in [1.165, 1.54) is 0 Å². The van der Waals surface area contributed by atoms with Gasteiger partial charge in [-0.2, -0.15) is 9.97 Å².